The van der Waals surface area contributed by atoms with E-state index in [9.17, 15) is 20.4 Å². The van der Waals surface area contributed by atoms with Crippen LogP contribution in [0.2, 0.25) is 0 Å². The molecule has 30 heavy (non-hydrogen) atoms. The van der Waals surface area contributed by atoms with E-state index in [0.717, 1.165) is 13.0 Å². The van der Waals surface area contributed by atoms with Crippen molar-refractivity contribution >= 4 is 0 Å². The Balaban J connectivity index is 3.68. The van der Waals surface area contributed by atoms with Crippen molar-refractivity contribution in [2.45, 2.75) is 121 Å². The monoisotopic (exact) mass is 434 g/mol. The van der Waals surface area contributed by atoms with E-state index in [1.165, 1.54) is 83.5 Å². The van der Waals surface area contributed by atoms with E-state index in [0.29, 0.717) is 4.48 Å². The summed E-state index contributed by atoms with van der Waals surface area (Å²) >= 11 is 0. The molecule has 0 spiro atoms. The molecule has 5 N–H and O–H groups in total. The van der Waals surface area contributed by atoms with Crippen molar-refractivity contribution in [2.75, 3.05) is 33.8 Å². The van der Waals surface area contributed by atoms with Crippen molar-refractivity contribution in [3.8, 4) is 0 Å². The number of aliphatic hydroxyl groups is 5. The van der Waals surface area contributed by atoms with Crippen molar-refractivity contribution < 1.29 is 30.0 Å². The van der Waals surface area contributed by atoms with Gasteiger partial charge in [-0.2, -0.15) is 0 Å². The highest BCUT2D eigenvalue weighted by Gasteiger charge is 2.33. The summed E-state index contributed by atoms with van der Waals surface area (Å²) in [7, 11) is 3.99. The SMILES string of the molecule is CCCCCCCCCCCCCCCC[N+](C)(C)C[C@H](O)[C@@H](O)[C@H](O)[C@H](O)CO. The van der Waals surface area contributed by atoms with Crippen LogP contribution in [0.3, 0.4) is 0 Å². The molecule has 0 fully saturated rings. The predicted molar refractivity (Wildman–Crippen MR) is 123 cm³/mol. The summed E-state index contributed by atoms with van der Waals surface area (Å²) in [6, 6.07) is 0. The fraction of sp³-hybridized carbons (Fsp3) is 1.00. The molecule has 0 bridgehead atoms. The first-order chi connectivity index (χ1) is 14.2. The number of likely N-dealkylation sites (N-methyl/N-ethyl adjacent to an activating group) is 1. The third-order valence-corrected chi connectivity index (χ3v) is 6.12. The molecule has 0 aliphatic heterocycles. The molecule has 0 amide bonds. The molecular weight excluding hydrogens is 382 g/mol. The molecule has 6 nitrogen and oxygen atoms in total. The molecule has 6 heteroatoms. The molecule has 182 valence electrons. The number of aliphatic hydroxyl groups excluding tert-OH is 5. The number of hydrogen-bond donors (Lipinski definition) is 5. The third-order valence-electron chi connectivity index (χ3n) is 6.12. The van der Waals surface area contributed by atoms with Crippen LogP contribution in [0.1, 0.15) is 96.8 Å². The molecule has 0 saturated heterocycles. The zero-order valence-corrected chi connectivity index (χ0v) is 20.0. The zero-order valence-electron chi connectivity index (χ0n) is 20.0. The van der Waals surface area contributed by atoms with Gasteiger partial charge in [-0.05, 0) is 12.8 Å². The van der Waals surface area contributed by atoms with Crippen molar-refractivity contribution in [2.24, 2.45) is 0 Å². The summed E-state index contributed by atoms with van der Waals surface area (Å²) in [6.07, 6.45) is 12.9. The van der Waals surface area contributed by atoms with Crippen molar-refractivity contribution in [1.29, 1.82) is 0 Å². The van der Waals surface area contributed by atoms with Crippen LogP contribution in [0, 0.1) is 0 Å². The van der Waals surface area contributed by atoms with Crippen LogP contribution in [0.15, 0.2) is 0 Å². The Labute approximate surface area is 185 Å². The lowest BCUT2D eigenvalue weighted by Gasteiger charge is -2.34. The zero-order chi connectivity index (χ0) is 22.8. The van der Waals surface area contributed by atoms with Crippen molar-refractivity contribution in [3.05, 3.63) is 0 Å². The average Bonchev–Trinajstić information content (AvgIpc) is 2.71. The molecule has 0 aromatic carbocycles. The summed E-state index contributed by atoms with van der Waals surface area (Å²) in [5, 5.41) is 48.1. The number of rotatable bonds is 21. The quantitative estimate of drug-likeness (QED) is 0.141. The largest absolute Gasteiger partial charge is 0.394 e. The predicted octanol–water partition coefficient (Wildman–Crippen LogP) is 2.98. The van der Waals surface area contributed by atoms with Crippen LogP contribution >= 0.6 is 0 Å². The fourth-order valence-electron chi connectivity index (χ4n) is 4.00. The molecule has 0 rings (SSSR count). The smallest absolute Gasteiger partial charge is 0.131 e. The van der Waals surface area contributed by atoms with E-state index in [4.69, 9.17) is 5.11 Å². The summed E-state index contributed by atoms with van der Waals surface area (Å²) in [5.74, 6) is 0. The summed E-state index contributed by atoms with van der Waals surface area (Å²) in [5.41, 5.74) is 0. The van der Waals surface area contributed by atoms with Crippen LogP contribution in [0.25, 0.3) is 0 Å². The van der Waals surface area contributed by atoms with Gasteiger partial charge in [0.1, 0.15) is 31.0 Å². The van der Waals surface area contributed by atoms with E-state index in [1.54, 1.807) is 0 Å². The maximum Gasteiger partial charge on any atom is 0.131 e. The lowest BCUT2D eigenvalue weighted by Crippen LogP contribution is -2.54. The Bertz CT molecular complexity index is 381. The molecule has 0 aromatic rings. The highest BCUT2D eigenvalue weighted by atomic mass is 16.4. The second kappa shape index (κ2) is 18.3. The minimum Gasteiger partial charge on any atom is -0.394 e. The van der Waals surface area contributed by atoms with Gasteiger partial charge in [0.05, 0.1) is 27.2 Å². The van der Waals surface area contributed by atoms with Gasteiger partial charge in [-0.1, -0.05) is 84.0 Å². The average molecular weight is 435 g/mol. The van der Waals surface area contributed by atoms with E-state index >= 15 is 0 Å². The van der Waals surface area contributed by atoms with Crippen LogP contribution < -0.4 is 0 Å². The number of nitrogens with zero attached hydrogens (tertiary/aromatic N) is 1. The van der Waals surface area contributed by atoms with Gasteiger partial charge in [-0.15, -0.1) is 0 Å². The fourth-order valence-corrected chi connectivity index (χ4v) is 4.00. The normalized spacial score (nSPS) is 16.4. The first-order valence-corrected chi connectivity index (χ1v) is 12.4. The minimum atomic E-state index is -1.55. The van der Waals surface area contributed by atoms with Gasteiger partial charge in [0, 0.05) is 0 Å². The molecule has 0 aliphatic carbocycles. The topological polar surface area (TPSA) is 101 Å². The minimum absolute atomic E-state index is 0.287. The highest BCUT2D eigenvalue weighted by Crippen LogP contribution is 2.14. The van der Waals surface area contributed by atoms with E-state index in [1.807, 2.05) is 14.1 Å². The molecule has 0 aliphatic rings. The highest BCUT2D eigenvalue weighted by molar-refractivity contribution is 4.80. The number of unbranched alkanes of at least 4 members (excludes halogenated alkanes) is 13. The Kier molecular flexibility index (Phi) is 18.2. The van der Waals surface area contributed by atoms with Gasteiger partial charge in [0.2, 0.25) is 0 Å². The van der Waals surface area contributed by atoms with Gasteiger partial charge in [0.15, 0.2) is 0 Å². The first-order valence-electron chi connectivity index (χ1n) is 12.4. The maximum atomic E-state index is 10.2. The van der Waals surface area contributed by atoms with E-state index in [-0.39, 0.29) is 6.54 Å². The Morgan fingerprint density at radius 3 is 1.33 bits per heavy atom. The lowest BCUT2D eigenvalue weighted by atomic mass is 10.0. The second-order valence-electron chi connectivity index (χ2n) is 9.74. The first kappa shape index (κ1) is 29.8. The number of hydrogen-bond acceptors (Lipinski definition) is 5. The van der Waals surface area contributed by atoms with Crippen LogP contribution in [-0.2, 0) is 0 Å². The molecular formula is C24H52NO5+. The summed E-state index contributed by atoms with van der Waals surface area (Å²) in [4.78, 5) is 0. The standard InChI is InChI=1S/C24H52NO5/c1-4-5-6-7-8-9-10-11-12-13-14-15-16-17-18-25(2,3)19-21(27)23(29)24(30)22(28)20-26/h21-24,26-30H,4-20H2,1-3H3/q+1/t21-,22+,23+,24+/m0/s1. The Morgan fingerprint density at radius 1 is 0.567 bits per heavy atom. The number of quaternary nitrogens is 1. The van der Waals surface area contributed by atoms with Crippen molar-refractivity contribution in [3.63, 3.8) is 0 Å². The Morgan fingerprint density at radius 2 is 0.933 bits per heavy atom. The summed E-state index contributed by atoms with van der Waals surface area (Å²) < 4.78 is 0.540. The van der Waals surface area contributed by atoms with E-state index < -0.39 is 31.0 Å². The molecule has 0 unspecified atom stereocenters. The van der Waals surface area contributed by atoms with Crippen LogP contribution in [0.4, 0.5) is 0 Å². The van der Waals surface area contributed by atoms with Gasteiger partial charge in [-0.3, -0.25) is 0 Å². The third kappa shape index (κ3) is 15.5. The summed E-state index contributed by atoms with van der Waals surface area (Å²) in [6.45, 7) is 2.79. The molecule has 4 atom stereocenters. The van der Waals surface area contributed by atoms with Gasteiger partial charge < -0.3 is 30.0 Å². The molecule has 0 aromatic heterocycles. The second-order valence-corrected chi connectivity index (χ2v) is 9.74. The maximum absolute atomic E-state index is 10.2. The van der Waals surface area contributed by atoms with Crippen LogP contribution in [0.5, 0.6) is 0 Å². The molecule has 0 radical (unpaired) electrons. The lowest BCUT2D eigenvalue weighted by molar-refractivity contribution is -0.894. The van der Waals surface area contributed by atoms with Crippen molar-refractivity contribution in [1.82, 2.24) is 0 Å². The van der Waals surface area contributed by atoms with Gasteiger partial charge in [0.25, 0.3) is 0 Å². The van der Waals surface area contributed by atoms with Gasteiger partial charge in [-0.25, -0.2) is 0 Å². The van der Waals surface area contributed by atoms with Crippen LogP contribution in [-0.4, -0.2) is 88.2 Å². The Hall–Kier alpha value is -0.240. The molecule has 0 heterocycles. The van der Waals surface area contributed by atoms with E-state index in [2.05, 4.69) is 6.92 Å². The molecule has 0 saturated carbocycles. The van der Waals surface area contributed by atoms with Gasteiger partial charge >= 0.3 is 0 Å².